The summed E-state index contributed by atoms with van der Waals surface area (Å²) in [6, 6.07) is 7.40. The van der Waals surface area contributed by atoms with E-state index in [4.69, 9.17) is 9.15 Å². The molecule has 7 heteroatoms. The van der Waals surface area contributed by atoms with E-state index >= 15 is 0 Å². The summed E-state index contributed by atoms with van der Waals surface area (Å²) >= 11 is 0. The van der Waals surface area contributed by atoms with Crippen molar-refractivity contribution >= 4 is 10.8 Å². The molecule has 1 fully saturated rings. The van der Waals surface area contributed by atoms with Crippen molar-refractivity contribution in [2.45, 2.75) is 38.6 Å². The molecule has 1 atom stereocenters. The van der Waals surface area contributed by atoms with Crippen molar-refractivity contribution in [3.05, 3.63) is 40.5 Å². The molecule has 0 aliphatic carbocycles. The van der Waals surface area contributed by atoms with E-state index in [0.29, 0.717) is 36.0 Å². The van der Waals surface area contributed by atoms with Gasteiger partial charge in [0.2, 0.25) is 5.89 Å². The molecule has 3 aromatic rings. The second-order valence-corrected chi connectivity index (χ2v) is 6.28. The Labute approximate surface area is 144 Å². The number of aromatic nitrogens is 4. The van der Waals surface area contributed by atoms with Gasteiger partial charge in [-0.2, -0.15) is 5.10 Å². The number of fused-ring (bicyclic) bond motifs is 1. The molecule has 0 N–H and O–H groups in total. The van der Waals surface area contributed by atoms with E-state index in [1.165, 1.54) is 4.68 Å². The highest BCUT2D eigenvalue weighted by molar-refractivity contribution is 5.91. The zero-order valence-electron chi connectivity index (χ0n) is 14.1. The van der Waals surface area contributed by atoms with E-state index in [-0.39, 0.29) is 11.5 Å². The molecule has 25 heavy (non-hydrogen) atoms. The van der Waals surface area contributed by atoms with Crippen molar-refractivity contribution < 1.29 is 9.15 Å². The third kappa shape index (κ3) is 2.95. The molecule has 1 unspecified atom stereocenters. The summed E-state index contributed by atoms with van der Waals surface area (Å²) in [7, 11) is 0. The predicted molar refractivity (Wildman–Crippen MR) is 92.4 cm³/mol. The van der Waals surface area contributed by atoms with Gasteiger partial charge in [0, 0.05) is 18.5 Å². The highest BCUT2D eigenvalue weighted by Gasteiger charge is 2.24. The Morgan fingerprint density at radius 3 is 2.84 bits per heavy atom. The molecule has 1 aliphatic rings. The first-order chi connectivity index (χ1) is 12.3. The third-order valence-electron chi connectivity index (χ3n) is 4.46. The quantitative estimate of drug-likeness (QED) is 0.726. The van der Waals surface area contributed by atoms with E-state index < -0.39 is 0 Å². The maximum Gasteiger partial charge on any atom is 0.274 e. The van der Waals surface area contributed by atoms with Crippen LogP contribution in [0.1, 0.15) is 38.0 Å². The second kappa shape index (κ2) is 6.76. The lowest BCUT2D eigenvalue weighted by Gasteiger charge is -2.18. The van der Waals surface area contributed by atoms with Crippen LogP contribution in [0.5, 0.6) is 0 Å². The first-order valence-electron chi connectivity index (χ1n) is 8.69. The molecule has 0 amide bonds. The summed E-state index contributed by atoms with van der Waals surface area (Å²) in [6.45, 7) is 3.95. The minimum absolute atomic E-state index is 0.0957. The van der Waals surface area contributed by atoms with Gasteiger partial charge in [-0.1, -0.05) is 25.1 Å². The SMILES string of the molecule is CCCn1nc(-c2nnc(C3CCCOC3)o2)c2ccccc2c1=O. The Morgan fingerprint density at radius 2 is 2.08 bits per heavy atom. The van der Waals surface area contributed by atoms with Crippen molar-refractivity contribution in [2.75, 3.05) is 13.2 Å². The molecule has 0 spiro atoms. The van der Waals surface area contributed by atoms with Crippen LogP contribution in [0, 0.1) is 0 Å². The van der Waals surface area contributed by atoms with Crippen LogP contribution in [0.2, 0.25) is 0 Å². The Kier molecular flexibility index (Phi) is 4.31. The Balaban J connectivity index is 1.82. The van der Waals surface area contributed by atoms with Crippen LogP contribution in [0.4, 0.5) is 0 Å². The summed E-state index contributed by atoms with van der Waals surface area (Å²) in [5.74, 6) is 1.05. The van der Waals surface area contributed by atoms with Gasteiger partial charge in [0.25, 0.3) is 11.4 Å². The second-order valence-electron chi connectivity index (χ2n) is 6.28. The van der Waals surface area contributed by atoms with Crippen LogP contribution < -0.4 is 5.56 Å². The van der Waals surface area contributed by atoms with Gasteiger partial charge in [-0.25, -0.2) is 4.68 Å². The minimum Gasteiger partial charge on any atom is -0.419 e. The number of aryl methyl sites for hydroxylation is 1. The molecule has 2 aromatic heterocycles. The van der Waals surface area contributed by atoms with Crippen LogP contribution in [-0.4, -0.2) is 33.2 Å². The van der Waals surface area contributed by atoms with E-state index in [1.54, 1.807) is 6.07 Å². The van der Waals surface area contributed by atoms with Crippen LogP contribution >= 0.6 is 0 Å². The van der Waals surface area contributed by atoms with Gasteiger partial charge < -0.3 is 9.15 Å². The zero-order valence-corrected chi connectivity index (χ0v) is 14.1. The minimum atomic E-state index is -0.0957. The van der Waals surface area contributed by atoms with Crippen LogP contribution in [0.15, 0.2) is 33.5 Å². The molecule has 0 radical (unpaired) electrons. The van der Waals surface area contributed by atoms with E-state index in [2.05, 4.69) is 15.3 Å². The predicted octanol–water partition coefficient (Wildman–Crippen LogP) is 2.75. The van der Waals surface area contributed by atoms with Crippen molar-refractivity contribution in [1.29, 1.82) is 0 Å². The van der Waals surface area contributed by atoms with E-state index in [9.17, 15) is 4.79 Å². The van der Waals surface area contributed by atoms with E-state index in [1.807, 2.05) is 25.1 Å². The largest absolute Gasteiger partial charge is 0.419 e. The van der Waals surface area contributed by atoms with Crippen molar-refractivity contribution in [3.8, 4) is 11.6 Å². The molecule has 1 aromatic carbocycles. The summed E-state index contributed by atoms with van der Waals surface area (Å²) in [5, 5.41) is 14.2. The lowest BCUT2D eigenvalue weighted by molar-refractivity contribution is 0.0727. The lowest BCUT2D eigenvalue weighted by Crippen LogP contribution is -2.23. The van der Waals surface area contributed by atoms with Gasteiger partial charge in [0.1, 0.15) is 0 Å². The fourth-order valence-corrected chi connectivity index (χ4v) is 3.19. The number of hydrogen-bond acceptors (Lipinski definition) is 6. The Morgan fingerprint density at radius 1 is 1.24 bits per heavy atom. The first kappa shape index (κ1) is 16.0. The molecule has 7 nitrogen and oxygen atoms in total. The van der Waals surface area contributed by atoms with Gasteiger partial charge >= 0.3 is 0 Å². The monoisotopic (exact) mass is 340 g/mol. The normalized spacial score (nSPS) is 17.9. The molecule has 130 valence electrons. The molecule has 0 bridgehead atoms. The van der Waals surface area contributed by atoms with Crippen molar-refractivity contribution in [3.63, 3.8) is 0 Å². The van der Waals surface area contributed by atoms with Gasteiger partial charge in [0.15, 0.2) is 5.69 Å². The summed E-state index contributed by atoms with van der Waals surface area (Å²) in [5.41, 5.74) is 0.459. The van der Waals surface area contributed by atoms with Crippen LogP contribution in [0.3, 0.4) is 0 Å². The highest BCUT2D eigenvalue weighted by Crippen LogP contribution is 2.28. The smallest absolute Gasteiger partial charge is 0.274 e. The molecular formula is C18H20N4O3. The number of nitrogens with zero attached hydrogens (tertiary/aromatic N) is 4. The number of rotatable bonds is 4. The average Bonchev–Trinajstić information content (AvgIpc) is 3.15. The van der Waals surface area contributed by atoms with E-state index in [0.717, 1.165) is 31.3 Å². The lowest BCUT2D eigenvalue weighted by atomic mass is 10.0. The fourth-order valence-electron chi connectivity index (χ4n) is 3.19. The molecule has 1 saturated heterocycles. The summed E-state index contributed by atoms with van der Waals surface area (Å²) < 4.78 is 12.9. The number of benzene rings is 1. The third-order valence-corrected chi connectivity index (χ3v) is 4.46. The number of hydrogen-bond donors (Lipinski definition) is 0. The van der Waals surface area contributed by atoms with Crippen molar-refractivity contribution in [2.24, 2.45) is 0 Å². The first-order valence-corrected chi connectivity index (χ1v) is 8.69. The van der Waals surface area contributed by atoms with Crippen LogP contribution in [-0.2, 0) is 11.3 Å². The molecule has 1 aliphatic heterocycles. The Bertz CT molecular complexity index is 941. The molecular weight excluding hydrogens is 320 g/mol. The number of ether oxygens (including phenoxy) is 1. The van der Waals surface area contributed by atoms with Gasteiger partial charge in [0.05, 0.1) is 17.9 Å². The molecule has 3 heterocycles. The average molecular weight is 340 g/mol. The molecule has 4 rings (SSSR count). The zero-order chi connectivity index (χ0) is 17.2. The Hall–Kier alpha value is -2.54. The summed E-state index contributed by atoms with van der Waals surface area (Å²) in [6.07, 6.45) is 2.79. The van der Waals surface area contributed by atoms with Gasteiger partial charge in [-0.3, -0.25) is 4.79 Å². The summed E-state index contributed by atoms with van der Waals surface area (Å²) in [4.78, 5) is 12.6. The maximum absolute atomic E-state index is 12.6. The van der Waals surface area contributed by atoms with Gasteiger partial charge in [-0.05, 0) is 25.3 Å². The van der Waals surface area contributed by atoms with Crippen molar-refractivity contribution in [1.82, 2.24) is 20.0 Å². The maximum atomic E-state index is 12.6. The molecule has 0 saturated carbocycles. The highest BCUT2D eigenvalue weighted by atomic mass is 16.5. The topological polar surface area (TPSA) is 83.0 Å². The van der Waals surface area contributed by atoms with Crippen LogP contribution in [0.25, 0.3) is 22.4 Å². The fraction of sp³-hybridized carbons (Fsp3) is 0.444. The van der Waals surface area contributed by atoms with Gasteiger partial charge in [-0.15, -0.1) is 10.2 Å². The standard InChI is InChI=1S/C18H20N4O3/c1-2-9-22-18(23)14-8-4-3-7-13(14)15(21-22)17-20-19-16(25-17)12-6-5-10-24-11-12/h3-4,7-8,12H,2,5-6,9-11H2,1H3.